The van der Waals surface area contributed by atoms with Crippen molar-refractivity contribution in [3.63, 3.8) is 0 Å². The third-order valence-electron chi connectivity index (χ3n) is 4.08. The molecule has 1 unspecified atom stereocenters. The van der Waals surface area contributed by atoms with Crippen LogP contribution in [0.4, 0.5) is 17.1 Å². The van der Waals surface area contributed by atoms with Gasteiger partial charge in [-0.25, -0.2) is 0 Å². The summed E-state index contributed by atoms with van der Waals surface area (Å²) in [6, 6.07) is 10.3. The van der Waals surface area contributed by atoms with E-state index in [2.05, 4.69) is 11.9 Å². The molecule has 1 atom stereocenters. The molecule has 1 heterocycles. The van der Waals surface area contributed by atoms with Gasteiger partial charge in [-0.15, -0.1) is 6.58 Å². The number of anilines is 2. The first kappa shape index (κ1) is 18.1. The Morgan fingerprint density at radius 1 is 1.33 bits per heavy atom. The van der Waals surface area contributed by atoms with Crippen LogP contribution < -0.4 is 15.0 Å². The average Bonchev–Trinajstić information content (AvgIpc) is 2.66. The van der Waals surface area contributed by atoms with Gasteiger partial charge in [-0.1, -0.05) is 6.08 Å². The number of rotatable bonds is 5. The molecule has 0 aromatic heterocycles. The van der Waals surface area contributed by atoms with Gasteiger partial charge in [-0.2, -0.15) is 0 Å². The molecule has 0 fully saturated rings. The summed E-state index contributed by atoms with van der Waals surface area (Å²) in [5.41, 5.74) is 1.20. The van der Waals surface area contributed by atoms with Crippen LogP contribution in [0, 0.1) is 10.1 Å². The second-order valence-corrected chi connectivity index (χ2v) is 5.94. The van der Waals surface area contributed by atoms with E-state index >= 15 is 0 Å². The van der Waals surface area contributed by atoms with Gasteiger partial charge in [-0.3, -0.25) is 19.7 Å². The summed E-state index contributed by atoms with van der Waals surface area (Å²) in [5, 5.41) is 13.4. The monoisotopic (exact) mass is 367 g/mol. The summed E-state index contributed by atoms with van der Waals surface area (Å²) < 4.78 is 5.60. The van der Waals surface area contributed by atoms with Crippen LogP contribution >= 0.6 is 0 Å². The molecule has 0 spiro atoms. The summed E-state index contributed by atoms with van der Waals surface area (Å²) in [4.78, 5) is 36.4. The molecule has 27 heavy (non-hydrogen) atoms. The van der Waals surface area contributed by atoms with Gasteiger partial charge in [0, 0.05) is 29.9 Å². The van der Waals surface area contributed by atoms with Gasteiger partial charge in [-0.05, 0) is 37.3 Å². The summed E-state index contributed by atoms with van der Waals surface area (Å²) in [5.74, 6) is -0.0740. The maximum atomic E-state index is 12.4. The van der Waals surface area contributed by atoms with E-state index in [4.69, 9.17) is 4.74 Å². The van der Waals surface area contributed by atoms with E-state index in [0.717, 1.165) is 0 Å². The van der Waals surface area contributed by atoms with Crippen molar-refractivity contribution in [1.29, 1.82) is 0 Å². The van der Waals surface area contributed by atoms with Gasteiger partial charge in [0.05, 0.1) is 10.6 Å². The smallest absolute Gasteiger partial charge is 0.269 e. The van der Waals surface area contributed by atoms with Crippen molar-refractivity contribution in [2.75, 3.05) is 16.8 Å². The number of nitro benzene ring substituents is 1. The van der Waals surface area contributed by atoms with Crippen LogP contribution in [0.5, 0.6) is 5.75 Å². The van der Waals surface area contributed by atoms with Crippen molar-refractivity contribution in [2.45, 2.75) is 13.0 Å². The van der Waals surface area contributed by atoms with Gasteiger partial charge in [0.1, 0.15) is 5.75 Å². The largest absolute Gasteiger partial charge is 0.479 e. The van der Waals surface area contributed by atoms with Crippen molar-refractivity contribution in [3.05, 3.63) is 70.8 Å². The highest BCUT2D eigenvalue weighted by Crippen LogP contribution is 2.36. The fourth-order valence-corrected chi connectivity index (χ4v) is 2.74. The van der Waals surface area contributed by atoms with Crippen LogP contribution in [0.3, 0.4) is 0 Å². The zero-order valence-electron chi connectivity index (χ0n) is 14.5. The lowest BCUT2D eigenvalue weighted by molar-refractivity contribution is -0.384. The van der Waals surface area contributed by atoms with Crippen LogP contribution in [0.15, 0.2) is 55.1 Å². The number of nitrogens with zero attached hydrogens (tertiary/aromatic N) is 2. The molecule has 1 N–H and O–H groups in total. The van der Waals surface area contributed by atoms with Crippen molar-refractivity contribution >= 4 is 28.9 Å². The van der Waals surface area contributed by atoms with Crippen LogP contribution in [0.1, 0.15) is 17.3 Å². The normalized spacial score (nSPS) is 15.5. The molecule has 1 aliphatic rings. The number of non-ortho nitro benzene ring substituents is 1. The number of benzene rings is 2. The molecule has 1 aliphatic heterocycles. The first-order valence-electron chi connectivity index (χ1n) is 8.19. The molecule has 8 nitrogen and oxygen atoms in total. The topological polar surface area (TPSA) is 102 Å². The number of carbonyl (C=O) groups is 2. The maximum Gasteiger partial charge on any atom is 0.269 e. The maximum absolute atomic E-state index is 12.4. The lowest BCUT2D eigenvalue weighted by atomic mass is 10.1. The fraction of sp³-hybridized carbons (Fsp3) is 0.158. The standard InChI is InChI=1S/C19H17N3O5/c1-3-10-21-16-11-14(6-9-17(16)27-12(2)19(21)24)20-18(23)13-4-7-15(8-5-13)22(25)26/h3-9,11-12H,1,10H2,2H3,(H,20,23). The van der Waals surface area contributed by atoms with Crippen molar-refractivity contribution < 1.29 is 19.2 Å². The fourth-order valence-electron chi connectivity index (χ4n) is 2.74. The SMILES string of the molecule is C=CCN1C(=O)C(C)Oc2ccc(NC(=O)c3ccc([N+](=O)[O-])cc3)cc21. The number of ether oxygens (including phenoxy) is 1. The summed E-state index contributed by atoms with van der Waals surface area (Å²) in [6.45, 7) is 5.66. The molecule has 0 aliphatic carbocycles. The molecule has 3 rings (SSSR count). The predicted octanol–water partition coefficient (Wildman–Crippen LogP) is 3.15. The Kier molecular flexibility index (Phi) is 4.89. The van der Waals surface area contributed by atoms with E-state index in [1.165, 1.54) is 29.2 Å². The molecule has 2 aromatic carbocycles. The van der Waals surface area contributed by atoms with Gasteiger partial charge >= 0.3 is 0 Å². The third kappa shape index (κ3) is 3.64. The molecule has 8 heteroatoms. The number of hydrogen-bond donors (Lipinski definition) is 1. The lowest BCUT2D eigenvalue weighted by Gasteiger charge is -2.32. The summed E-state index contributed by atoms with van der Waals surface area (Å²) in [6.07, 6.45) is 1.01. The van der Waals surface area contributed by atoms with E-state index in [1.54, 1.807) is 31.2 Å². The first-order valence-corrected chi connectivity index (χ1v) is 8.19. The zero-order chi connectivity index (χ0) is 19.6. The highest BCUT2D eigenvalue weighted by atomic mass is 16.6. The minimum absolute atomic E-state index is 0.0924. The predicted molar refractivity (Wildman–Crippen MR) is 100 cm³/mol. The van der Waals surface area contributed by atoms with E-state index in [1.807, 2.05) is 0 Å². The van der Waals surface area contributed by atoms with Crippen LogP contribution in [0.25, 0.3) is 0 Å². The molecule has 138 valence electrons. The summed E-state index contributed by atoms with van der Waals surface area (Å²) in [7, 11) is 0. The second-order valence-electron chi connectivity index (χ2n) is 5.94. The lowest BCUT2D eigenvalue weighted by Crippen LogP contribution is -2.44. The van der Waals surface area contributed by atoms with Crippen LogP contribution in [-0.4, -0.2) is 29.4 Å². The molecular weight excluding hydrogens is 350 g/mol. The minimum atomic E-state index is -0.599. The molecule has 0 saturated heterocycles. The van der Waals surface area contributed by atoms with E-state index in [9.17, 15) is 19.7 Å². The molecule has 2 amide bonds. The van der Waals surface area contributed by atoms with Gasteiger partial charge < -0.3 is 15.0 Å². The van der Waals surface area contributed by atoms with Gasteiger partial charge in [0.15, 0.2) is 6.10 Å². The average molecular weight is 367 g/mol. The molecular formula is C19H17N3O5. The van der Waals surface area contributed by atoms with Crippen molar-refractivity contribution in [2.24, 2.45) is 0 Å². The number of fused-ring (bicyclic) bond motifs is 1. The van der Waals surface area contributed by atoms with E-state index in [-0.39, 0.29) is 17.2 Å². The quantitative estimate of drug-likeness (QED) is 0.497. The van der Waals surface area contributed by atoms with Crippen LogP contribution in [-0.2, 0) is 4.79 Å². The highest BCUT2D eigenvalue weighted by molar-refractivity contribution is 6.05. The van der Waals surface area contributed by atoms with Gasteiger partial charge in [0.25, 0.3) is 17.5 Å². The Morgan fingerprint density at radius 3 is 2.67 bits per heavy atom. The van der Waals surface area contributed by atoms with Crippen LogP contribution in [0.2, 0.25) is 0 Å². The summed E-state index contributed by atoms with van der Waals surface area (Å²) >= 11 is 0. The molecule has 0 bridgehead atoms. The number of carbonyl (C=O) groups excluding carboxylic acids is 2. The first-order chi connectivity index (χ1) is 12.9. The number of nitrogens with one attached hydrogen (secondary N) is 1. The highest BCUT2D eigenvalue weighted by Gasteiger charge is 2.31. The number of hydrogen-bond acceptors (Lipinski definition) is 5. The Labute approximate surface area is 155 Å². The minimum Gasteiger partial charge on any atom is -0.479 e. The molecule has 0 saturated carbocycles. The second kappa shape index (κ2) is 7.28. The van der Waals surface area contributed by atoms with E-state index < -0.39 is 16.9 Å². The third-order valence-corrected chi connectivity index (χ3v) is 4.08. The molecule has 0 radical (unpaired) electrons. The Morgan fingerprint density at radius 2 is 2.04 bits per heavy atom. The Balaban J connectivity index is 1.84. The Hall–Kier alpha value is -3.68. The van der Waals surface area contributed by atoms with Crippen molar-refractivity contribution in [3.8, 4) is 5.75 Å². The van der Waals surface area contributed by atoms with Gasteiger partial charge in [0.2, 0.25) is 0 Å². The Bertz CT molecular complexity index is 923. The molecule has 2 aromatic rings. The number of nitro groups is 1. The van der Waals surface area contributed by atoms with Crippen molar-refractivity contribution in [1.82, 2.24) is 0 Å². The number of amides is 2. The zero-order valence-corrected chi connectivity index (χ0v) is 14.5. The van der Waals surface area contributed by atoms with E-state index in [0.29, 0.717) is 23.7 Å².